The molecule has 1 aromatic carbocycles. The summed E-state index contributed by atoms with van der Waals surface area (Å²) in [5, 5.41) is 17.8. The van der Waals surface area contributed by atoms with Crippen LogP contribution in [-0.2, 0) is 4.79 Å². The van der Waals surface area contributed by atoms with Gasteiger partial charge in [0.2, 0.25) is 0 Å². The number of carbonyl (C=O) groups is 1. The molecular weight excluding hydrogens is 184 g/mol. The van der Waals surface area contributed by atoms with Crippen molar-refractivity contribution in [1.29, 1.82) is 0 Å². The van der Waals surface area contributed by atoms with E-state index < -0.39 is 18.7 Å². The number of aliphatic hydroxyl groups is 1. The van der Waals surface area contributed by atoms with Crippen molar-refractivity contribution in [3.63, 3.8) is 0 Å². The predicted octanol–water partition coefficient (Wildman–Crippen LogP) is 1.20. The molecule has 14 heavy (non-hydrogen) atoms. The first-order valence-corrected chi connectivity index (χ1v) is 4.23. The van der Waals surface area contributed by atoms with Crippen molar-refractivity contribution in [2.75, 3.05) is 6.61 Å². The Bertz CT molecular complexity index is 320. The van der Waals surface area contributed by atoms with Crippen molar-refractivity contribution in [1.82, 2.24) is 0 Å². The van der Waals surface area contributed by atoms with Crippen molar-refractivity contribution >= 4 is 5.97 Å². The quantitative estimate of drug-likeness (QED) is 0.759. The van der Waals surface area contributed by atoms with Crippen molar-refractivity contribution in [2.45, 2.75) is 13.0 Å². The Hall–Kier alpha value is -1.55. The second-order valence-corrected chi connectivity index (χ2v) is 2.90. The van der Waals surface area contributed by atoms with E-state index in [4.69, 9.17) is 9.84 Å². The number of carboxylic acid groups (broad SMARTS) is 1. The van der Waals surface area contributed by atoms with Gasteiger partial charge in [-0.2, -0.15) is 0 Å². The summed E-state index contributed by atoms with van der Waals surface area (Å²) in [4.78, 5) is 10.3. The largest absolute Gasteiger partial charge is 0.482 e. The lowest BCUT2D eigenvalue weighted by Crippen LogP contribution is -2.11. The number of aliphatic carboxylic acids is 1. The molecule has 4 nitrogen and oxygen atoms in total. The standard InChI is InChI=1S/C10H12O4/c1-7(11)8-4-2-3-5-9(8)14-6-10(12)13/h2-5,7,11H,6H2,1H3,(H,12,13). The smallest absolute Gasteiger partial charge is 0.341 e. The number of hydrogen-bond acceptors (Lipinski definition) is 3. The van der Waals surface area contributed by atoms with Gasteiger partial charge in [0, 0.05) is 5.56 Å². The van der Waals surface area contributed by atoms with E-state index in [-0.39, 0.29) is 0 Å². The average Bonchev–Trinajstić information content (AvgIpc) is 2.15. The van der Waals surface area contributed by atoms with Crippen LogP contribution in [0.3, 0.4) is 0 Å². The maximum absolute atomic E-state index is 10.3. The van der Waals surface area contributed by atoms with E-state index in [0.29, 0.717) is 11.3 Å². The molecule has 0 aliphatic rings. The summed E-state index contributed by atoms with van der Waals surface area (Å²) in [6, 6.07) is 6.81. The van der Waals surface area contributed by atoms with Crippen LogP contribution in [0.5, 0.6) is 5.75 Å². The zero-order valence-corrected chi connectivity index (χ0v) is 7.80. The molecule has 0 aliphatic carbocycles. The molecule has 0 saturated carbocycles. The second kappa shape index (κ2) is 4.62. The molecule has 0 fully saturated rings. The lowest BCUT2D eigenvalue weighted by molar-refractivity contribution is -0.139. The van der Waals surface area contributed by atoms with Crippen LogP contribution in [-0.4, -0.2) is 22.8 Å². The fourth-order valence-electron chi connectivity index (χ4n) is 1.10. The van der Waals surface area contributed by atoms with E-state index in [2.05, 4.69) is 0 Å². The lowest BCUT2D eigenvalue weighted by atomic mass is 10.1. The Labute approximate surface area is 81.8 Å². The minimum atomic E-state index is -1.04. The maximum Gasteiger partial charge on any atom is 0.341 e. The van der Waals surface area contributed by atoms with Crippen LogP contribution < -0.4 is 4.74 Å². The fraction of sp³-hybridized carbons (Fsp3) is 0.300. The van der Waals surface area contributed by atoms with Gasteiger partial charge in [-0.25, -0.2) is 4.79 Å². The molecule has 0 aromatic heterocycles. The van der Waals surface area contributed by atoms with E-state index in [1.54, 1.807) is 31.2 Å². The molecule has 1 atom stereocenters. The first-order chi connectivity index (χ1) is 6.61. The summed E-state index contributed by atoms with van der Waals surface area (Å²) in [6.45, 7) is 1.20. The summed E-state index contributed by atoms with van der Waals surface area (Å²) < 4.78 is 5.00. The molecule has 1 aromatic rings. The average molecular weight is 196 g/mol. The zero-order chi connectivity index (χ0) is 10.6. The Balaban J connectivity index is 2.79. The fourth-order valence-corrected chi connectivity index (χ4v) is 1.10. The maximum atomic E-state index is 10.3. The van der Waals surface area contributed by atoms with Crippen molar-refractivity contribution in [3.8, 4) is 5.75 Å². The van der Waals surface area contributed by atoms with E-state index in [1.807, 2.05) is 0 Å². The van der Waals surface area contributed by atoms with Crippen LogP contribution in [0, 0.1) is 0 Å². The molecule has 0 radical (unpaired) electrons. The third-order valence-electron chi connectivity index (χ3n) is 1.72. The summed E-state index contributed by atoms with van der Waals surface area (Å²) >= 11 is 0. The van der Waals surface area contributed by atoms with Gasteiger partial charge in [0.1, 0.15) is 5.75 Å². The highest BCUT2D eigenvalue weighted by atomic mass is 16.5. The van der Waals surface area contributed by atoms with Crippen molar-refractivity contribution < 1.29 is 19.7 Å². The number of benzene rings is 1. The third kappa shape index (κ3) is 2.74. The van der Waals surface area contributed by atoms with Gasteiger partial charge in [0.05, 0.1) is 6.10 Å². The number of rotatable bonds is 4. The van der Waals surface area contributed by atoms with Crippen molar-refractivity contribution in [2.24, 2.45) is 0 Å². The second-order valence-electron chi connectivity index (χ2n) is 2.90. The molecule has 2 N–H and O–H groups in total. The number of ether oxygens (including phenoxy) is 1. The Morgan fingerprint density at radius 1 is 1.50 bits per heavy atom. The minimum absolute atomic E-state index is 0.399. The Kier molecular flexibility index (Phi) is 3.48. The monoisotopic (exact) mass is 196 g/mol. The molecule has 0 heterocycles. The topological polar surface area (TPSA) is 66.8 Å². The van der Waals surface area contributed by atoms with E-state index in [9.17, 15) is 9.90 Å². The van der Waals surface area contributed by atoms with Gasteiger partial charge in [0.15, 0.2) is 6.61 Å². The summed E-state index contributed by atoms with van der Waals surface area (Å²) in [5.74, 6) is -0.629. The molecule has 1 unspecified atom stereocenters. The highest BCUT2D eigenvalue weighted by molar-refractivity contribution is 5.68. The van der Waals surface area contributed by atoms with Gasteiger partial charge < -0.3 is 14.9 Å². The molecular formula is C10H12O4. The molecule has 0 aliphatic heterocycles. The van der Waals surface area contributed by atoms with Crippen LogP contribution in [0.4, 0.5) is 0 Å². The predicted molar refractivity (Wildman–Crippen MR) is 50.2 cm³/mol. The molecule has 0 saturated heterocycles. The van der Waals surface area contributed by atoms with Crippen LogP contribution in [0.1, 0.15) is 18.6 Å². The van der Waals surface area contributed by atoms with Gasteiger partial charge in [-0.15, -0.1) is 0 Å². The number of hydrogen-bond donors (Lipinski definition) is 2. The van der Waals surface area contributed by atoms with Crippen LogP contribution in [0.25, 0.3) is 0 Å². The van der Waals surface area contributed by atoms with E-state index in [1.165, 1.54) is 0 Å². The SMILES string of the molecule is CC(O)c1ccccc1OCC(=O)O. The van der Waals surface area contributed by atoms with Crippen LogP contribution in [0.2, 0.25) is 0 Å². The van der Waals surface area contributed by atoms with Gasteiger partial charge in [-0.3, -0.25) is 0 Å². The zero-order valence-electron chi connectivity index (χ0n) is 7.80. The molecule has 76 valence electrons. The van der Waals surface area contributed by atoms with Gasteiger partial charge in [0.25, 0.3) is 0 Å². The molecule has 1 rings (SSSR count). The first-order valence-electron chi connectivity index (χ1n) is 4.23. The summed E-state index contributed by atoms with van der Waals surface area (Å²) in [6.07, 6.45) is -0.667. The van der Waals surface area contributed by atoms with Crippen LogP contribution in [0.15, 0.2) is 24.3 Å². The normalized spacial score (nSPS) is 12.1. The van der Waals surface area contributed by atoms with E-state index >= 15 is 0 Å². The molecule has 0 spiro atoms. The van der Waals surface area contributed by atoms with Crippen molar-refractivity contribution in [3.05, 3.63) is 29.8 Å². The summed E-state index contributed by atoms with van der Waals surface area (Å²) in [7, 11) is 0. The molecule has 0 bridgehead atoms. The number of para-hydroxylation sites is 1. The highest BCUT2D eigenvalue weighted by Crippen LogP contribution is 2.24. The first kappa shape index (κ1) is 10.5. The summed E-state index contributed by atoms with van der Waals surface area (Å²) in [5.41, 5.74) is 0.591. The minimum Gasteiger partial charge on any atom is -0.482 e. The van der Waals surface area contributed by atoms with E-state index in [0.717, 1.165) is 0 Å². The van der Waals surface area contributed by atoms with Gasteiger partial charge >= 0.3 is 5.97 Å². The van der Waals surface area contributed by atoms with Gasteiger partial charge in [-0.05, 0) is 13.0 Å². The Morgan fingerprint density at radius 2 is 2.14 bits per heavy atom. The van der Waals surface area contributed by atoms with Crippen LogP contribution >= 0.6 is 0 Å². The molecule has 4 heteroatoms. The third-order valence-corrected chi connectivity index (χ3v) is 1.72. The highest BCUT2D eigenvalue weighted by Gasteiger charge is 2.08. The Morgan fingerprint density at radius 3 is 2.71 bits per heavy atom. The van der Waals surface area contributed by atoms with Gasteiger partial charge in [-0.1, -0.05) is 18.2 Å². The lowest BCUT2D eigenvalue weighted by Gasteiger charge is -2.11. The number of aliphatic hydroxyl groups excluding tert-OH is 1. The molecule has 0 amide bonds. The number of carboxylic acids is 1.